The van der Waals surface area contributed by atoms with Gasteiger partial charge in [0.15, 0.2) is 12.6 Å². The number of hydrogen-bond acceptors (Lipinski definition) is 2. The van der Waals surface area contributed by atoms with E-state index in [1.807, 2.05) is 77.2 Å². The fourth-order valence-electron chi connectivity index (χ4n) is 2.61. The highest BCUT2D eigenvalue weighted by atomic mass is 16.2. The third kappa shape index (κ3) is 5.57. The number of rotatable bonds is 5. The van der Waals surface area contributed by atoms with Gasteiger partial charge in [0.1, 0.15) is 0 Å². The molecule has 0 heterocycles. The molecule has 0 aliphatic heterocycles. The summed E-state index contributed by atoms with van der Waals surface area (Å²) in [6, 6.07) is 13.5. The summed E-state index contributed by atoms with van der Waals surface area (Å²) in [4.78, 5) is 25.4. The lowest BCUT2D eigenvalue weighted by Gasteiger charge is -2.24. The summed E-state index contributed by atoms with van der Waals surface area (Å²) in [5.74, 6) is -0.160. The van der Waals surface area contributed by atoms with E-state index in [4.69, 9.17) is 0 Å². The lowest BCUT2D eigenvalue weighted by molar-refractivity contribution is -0.885. The van der Waals surface area contributed by atoms with Crippen molar-refractivity contribution in [3.63, 3.8) is 0 Å². The molecule has 2 rings (SSSR count). The lowest BCUT2D eigenvalue weighted by Crippen LogP contribution is -3.15. The van der Waals surface area contributed by atoms with Crippen molar-refractivity contribution in [2.75, 3.05) is 18.9 Å². The maximum atomic E-state index is 12.5. The fraction of sp³-hybridized carbons (Fsp3) is 0.400. The van der Waals surface area contributed by atoms with Crippen molar-refractivity contribution in [1.29, 1.82) is 0 Å². The molecule has 0 aliphatic carbocycles. The van der Waals surface area contributed by atoms with Crippen LogP contribution in [0.3, 0.4) is 0 Å². The second-order valence-electron chi connectivity index (χ2n) is 7.59. The molecule has 5 nitrogen and oxygen atoms in total. The van der Waals surface area contributed by atoms with Crippen molar-refractivity contribution in [2.45, 2.75) is 39.3 Å². The average molecular weight is 342 g/mol. The monoisotopic (exact) mass is 342 g/mol. The molecule has 0 aromatic heterocycles. The minimum absolute atomic E-state index is 0.0599. The van der Waals surface area contributed by atoms with Gasteiger partial charge < -0.3 is 15.5 Å². The Morgan fingerprint density at radius 1 is 1.08 bits per heavy atom. The topological polar surface area (TPSA) is 62.6 Å². The maximum absolute atomic E-state index is 12.5. The van der Waals surface area contributed by atoms with Gasteiger partial charge in [-0.25, -0.2) is 0 Å². The van der Waals surface area contributed by atoms with Crippen LogP contribution >= 0.6 is 0 Å². The van der Waals surface area contributed by atoms with Crippen LogP contribution in [-0.2, 0) is 9.59 Å². The van der Waals surface area contributed by atoms with Crippen molar-refractivity contribution < 1.29 is 14.5 Å². The minimum Gasteiger partial charge on any atom is -0.347 e. The maximum Gasteiger partial charge on any atom is 0.282 e. The van der Waals surface area contributed by atoms with Crippen molar-refractivity contribution in [3.8, 4) is 0 Å². The Balaban J connectivity index is 1.97. The molecule has 1 unspecified atom stereocenters. The van der Waals surface area contributed by atoms with E-state index in [9.17, 15) is 9.59 Å². The molecule has 134 valence electrons. The number of likely N-dealkylation sites (N-methyl/N-ethyl adjacent to an activating group) is 1. The Kier molecular flexibility index (Phi) is 5.80. The summed E-state index contributed by atoms with van der Waals surface area (Å²) in [6.45, 7) is 7.90. The number of quaternary nitrogens is 1. The molecule has 25 heavy (non-hydrogen) atoms. The second-order valence-corrected chi connectivity index (χ2v) is 7.59. The van der Waals surface area contributed by atoms with Crippen LogP contribution in [0.25, 0.3) is 10.8 Å². The third-order valence-electron chi connectivity index (χ3n) is 4.10. The average Bonchev–Trinajstić information content (AvgIpc) is 2.52. The van der Waals surface area contributed by atoms with E-state index in [1.165, 1.54) is 0 Å². The molecular formula is C20H28N3O2+. The quantitative estimate of drug-likeness (QED) is 0.773. The molecule has 2 amide bonds. The molecule has 0 saturated heterocycles. The van der Waals surface area contributed by atoms with Gasteiger partial charge in [-0.15, -0.1) is 0 Å². The van der Waals surface area contributed by atoms with Crippen molar-refractivity contribution in [2.24, 2.45) is 0 Å². The number of fused-ring (bicyclic) bond motifs is 1. The van der Waals surface area contributed by atoms with Gasteiger partial charge in [-0.1, -0.05) is 30.3 Å². The number of benzene rings is 2. The number of hydrogen-bond donors (Lipinski definition) is 3. The van der Waals surface area contributed by atoms with Crippen LogP contribution in [0.1, 0.15) is 27.7 Å². The van der Waals surface area contributed by atoms with Crippen molar-refractivity contribution in [3.05, 3.63) is 42.5 Å². The molecular weight excluding hydrogens is 314 g/mol. The zero-order chi connectivity index (χ0) is 18.6. The number of carbonyl (C=O) groups excluding carboxylic acids is 2. The fourth-order valence-corrected chi connectivity index (χ4v) is 2.61. The highest BCUT2D eigenvalue weighted by Gasteiger charge is 2.25. The lowest BCUT2D eigenvalue weighted by atomic mass is 10.1. The first kappa shape index (κ1) is 18.9. The molecule has 0 saturated carbocycles. The predicted octanol–water partition coefficient (Wildman–Crippen LogP) is 1.60. The molecule has 0 spiro atoms. The predicted molar refractivity (Wildman–Crippen MR) is 102 cm³/mol. The molecule has 0 fully saturated rings. The molecule has 3 N–H and O–H groups in total. The van der Waals surface area contributed by atoms with E-state index in [2.05, 4.69) is 10.6 Å². The summed E-state index contributed by atoms with van der Waals surface area (Å²) >= 11 is 0. The van der Waals surface area contributed by atoms with Crippen LogP contribution < -0.4 is 15.5 Å². The Morgan fingerprint density at radius 2 is 1.72 bits per heavy atom. The highest BCUT2D eigenvalue weighted by Crippen LogP contribution is 2.18. The summed E-state index contributed by atoms with van der Waals surface area (Å²) in [6.07, 6.45) is 0. The normalized spacial score (nSPS) is 14.0. The highest BCUT2D eigenvalue weighted by molar-refractivity contribution is 5.96. The van der Waals surface area contributed by atoms with E-state index < -0.39 is 0 Å². The molecule has 0 bridgehead atoms. The Labute approximate surface area is 149 Å². The first-order chi connectivity index (χ1) is 11.7. The van der Waals surface area contributed by atoms with E-state index >= 15 is 0 Å². The number of amides is 2. The van der Waals surface area contributed by atoms with Gasteiger partial charge in [0, 0.05) is 11.2 Å². The third-order valence-corrected chi connectivity index (χ3v) is 4.10. The van der Waals surface area contributed by atoms with Crippen LogP contribution in [0.5, 0.6) is 0 Å². The first-order valence-electron chi connectivity index (χ1n) is 8.59. The van der Waals surface area contributed by atoms with Crippen molar-refractivity contribution in [1.82, 2.24) is 5.32 Å². The molecule has 0 aliphatic rings. The van der Waals surface area contributed by atoms with Crippen LogP contribution in [0.4, 0.5) is 5.69 Å². The van der Waals surface area contributed by atoms with Gasteiger partial charge in [-0.3, -0.25) is 9.59 Å². The minimum atomic E-state index is -0.336. The Morgan fingerprint density at radius 3 is 2.36 bits per heavy atom. The standard InChI is InChI=1S/C20H27N3O2/c1-14(23(5)13-18(24)22-20(2,3)4)19(25)21-17-11-10-15-8-6-7-9-16(15)12-17/h6-12,14H,13H2,1-5H3,(H,21,25)(H,22,24)/p+1/t14-/m1/s1. The van der Waals surface area contributed by atoms with Crippen molar-refractivity contribution >= 4 is 28.3 Å². The van der Waals surface area contributed by atoms with Gasteiger partial charge in [0.2, 0.25) is 0 Å². The largest absolute Gasteiger partial charge is 0.347 e. The SMILES string of the molecule is C[C@H](C(=O)Nc1ccc2ccccc2c1)[NH+](C)CC(=O)NC(C)(C)C. The smallest absolute Gasteiger partial charge is 0.282 e. The van der Waals surface area contributed by atoms with Crippen LogP contribution in [0.15, 0.2) is 42.5 Å². The number of nitrogens with one attached hydrogen (secondary N) is 3. The zero-order valence-electron chi connectivity index (χ0n) is 15.6. The summed E-state index contributed by atoms with van der Waals surface area (Å²) in [5.41, 5.74) is 0.496. The van der Waals surface area contributed by atoms with E-state index in [-0.39, 0.29) is 29.9 Å². The molecule has 5 heteroatoms. The number of carbonyl (C=O) groups is 2. The molecule has 0 radical (unpaired) electrons. The van der Waals surface area contributed by atoms with E-state index in [0.29, 0.717) is 0 Å². The van der Waals surface area contributed by atoms with Gasteiger partial charge in [0.05, 0.1) is 7.05 Å². The number of anilines is 1. The van der Waals surface area contributed by atoms with Crippen LogP contribution in [0, 0.1) is 0 Å². The van der Waals surface area contributed by atoms with Gasteiger partial charge in [-0.2, -0.15) is 0 Å². The Bertz CT molecular complexity index is 765. The van der Waals surface area contributed by atoms with Gasteiger partial charge in [-0.05, 0) is 50.6 Å². The van der Waals surface area contributed by atoms with Gasteiger partial charge in [0.25, 0.3) is 11.8 Å². The van der Waals surface area contributed by atoms with E-state index in [1.54, 1.807) is 0 Å². The summed E-state index contributed by atoms with van der Waals surface area (Å²) < 4.78 is 0. The zero-order valence-corrected chi connectivity index (χ0v) is 15.6. The molecule has 2 aromatic rings. The van der Waals surface area contributed by atoms with Gasteiger partial charge >= 0.3 is 0 Å². The summed E-state index contributed by atoms with van der Waals surface area (Å²) in [5, 5.41) is 8.08. The van der Waals surface area contributed by atoms with Crippen LogP contribution in [-0.4, -0.2) is 37.0 Å². The summed E-state index contributed by atoms with van der Waals surface area (Å²) in [7, 11) is 1.85. The Hall–Kier alpha value is -2.40. The molecule has 2 atom stereocenters. The van der Waals surface area contributed by atoms with Crippen LogP contribution in [0.2, 0.25) is 0 Å². The molecule has 2 aromatic carbocycles. The first-order valence-corrected chi connectivity index (χ1v) is 8.59. The second kappa shape index (κ2) is 7.66. The van der Waals surface area contributed by atoms with E-state index in [0.717, 1.165) is 21.4 Å².